The molecule has 0 saturated carbocycles. The van der Waals surface area contributed by atoms with Crippen molar-refractivity contribution in [1.29, 1.82) is 0 Å². The number of fused-ring (bicyclic) bond motifs is 3. The van der Waals surface area contributed by atoms with Crippen LogP contribution in [-0.4, -0.2) is 46.6 Å². The highest BCUT2D eigenvalue weighted by Gasteiger charge is 2.25. The molecule has 0 fully saturated rings. The normalized spacial score (nSPS) is 11.9. The quantitative estimate of drug-likeness (QED) is 0.278. The molecule has 0 saturated heterocycles. The van der Waals surface area contributed by atoms with E-state index in [0.717, 1.165) is 6.42 Å². The Labute approximate surface area is 236 Å². The summed E-state index contributed by atoms with van der Waals surface area (Å²) in [5.41, 5.74) is 9.08. The lowest BCUT2D eigenvalue weighted by molar-refractivity contribution is 0.0794. The second-order valence-electron chi connectivity index (χ2n) is 9.09. The van der Waals surface area contributed by atoms with Crippen LogP contribution in [0.1, 0.15) is 40.9 Å². The Hall–Kier alpha value is -4.21. The molecule has 7 nitrogen and oxygen atoms in total. The van der Waals surface area contributed by atoms with Crippen LogP contribution in [0.15, 0.2) is 71.9 Å². The number of nitrogens with one attached hydrogen (secondary N) is 1. The standard InChI is InChI=1S/C29H25ClF2N6O.CH4/c1-38(13-3-12-33)28(39)17-6-9-20(10-7-17)36-29-35-16-18-15-34-27(25-23(31)4-2-5-24(25)32)22-14-19(30)8-11-21(22)26(18)37-29;/h2,4-11,14,16H,3,12-13,15,33H2,1H3,(H,35,36,37);1H4. The van der Waals surface area contributed by atoms with Gasteiger partial charge in [0.1, 0.15) is 11.6 Å². The maximum Gasteiger partial charge on any atom is 0.253 e. The van der Waals surface area contributed by atoms with E-state index in [1.165, 1.54) is 18.2 Å². The molecule has 1 amide bonds. The van der Waals surface area contributed by atoms with Gasteiger partial charge in [0.2, 0.25) is 5.95 Å². The van der Waals surface area contributed by atoms with E-state index in [1.54, 1.807) is 60.6 Å². The molecular weight excluding hydrogens is 534 g/mol. The third kappa shape index (κ3) is 5.85. The maximum absolute atomic E-state index is 14.8. The number of hydrogen-bond donors (Lipinski definition) is 2. The summed E-state index contributed by atoms with van der Waals surface area (Å²) in [6.45, 7) is 1.23. The fraction of sp³-hybridized carbons (Fsp3) is 0.200. The predicted molar refractivity (Wildman–Crippen MR) is 155 cm³/mol. The number of benzene rings is 3. The molecule has 0 atom stereocenters. The molecule has 3 aromatic carbocycles. The third-order valence-electron chi connectivity index (χ3n) is 6.40. The summed E-state index contributed by atoms with van der Waals surface area (Å²) in [5, 5.41) is 3.56. The van der Waals surface area contributed by atoms with Crippen LogP contribution < -0.4 is 11.1 Å². The van der Waals surface area contributed by atoms with Crippen LogP contribution >= 0.6 is 11.6 Å². The first kappa shape index (κ1) is 28.8. The van der Waals surface area contributed by atoms with Crippen molar-refractivity contribution in [2.24, 2.45) is 10.7 Å². The highest BCUT2D eigenvalue weighted by molar-refractivity contribution is 6.31. The number of halogens is 3. The minimum atomic E-state index is -0.716. The number of nitrogens with zero attached hydrogens (tertiary/aromatic N) is 4. The second-order valence-corrected chi connectivity index (χ2v) is 9.53. The molecule has 3 N–H and O–H groups in total. The molecule has 10 heteroatoms. The molecule has 1 aliphatic rings. The Bertz CT molecular complexity index is 1560. The van der Waals surface area contributed by atoms with Crippen LogP contribution in [0.4, 0.5) is 20.4 Å². The zero-order valence-electron chi connectivity index (χ0n) is 21.1. The highest BCUT2D eigenvalue weighted by atomic mass is 35.5. The number of carbonyl (C=O) groups excluding carboxylic acids is 1. The molecule has 40 heavy (non-hydrogen) atoms. The predicted octanol–water partition coefficient (Wildman–Crippen LogP) is 6.23. The van der Waals surface area contributed by atoms with E-state index in [0.29, 0.717) is 57.7 Å². The van der Waals surface area contributed by atoms with Gasteiger partial charge in [-0.2, -0.15) is 0 Å². The van der Waals surface area contributed by atoms with Crippen LogP contribution in [0.5, 0.6) is 0 Å². The zero-order valence-corrected chi connectivity index (χ0v) is 21.8. The van der Waals surface area contributed by atoms with Gasteiger partial charge in [-0.3, -0.25) is 9.79 Å². The first-order chi connectivity index (χ1) is 18.9. The number of anilines is 2. The van der Waals surface area contributed by atoms with Crippen molar-refractivity contribution >= 4 is 34.9 Å². The van der Waals surface area contributed by atoms with E-state index >= 15 is 0 Å². The number of aromatic nitrogens is 2. The van der Waals surface area contributed by atoms with Crippen LogP contribution in [-0.2, 0) is 6.54 Å². The van der Waals surface area contributed by atoms with Gasteiger partial charge in [0.15, 0.2) is 0 Å². The van der Waals surface area contributed by atoms with E-state index in [-0.39, 0.29) is 31.2 Å². The third-order valence-corrected chi connectivity index (χ3v) is 6.63. The Balaban J connectivity index is 0.00000370. The van der Waals surface area contributed by atoms with Crippen molar-refractivity contribution in [3.8, 4) is 11.3 Å². The Morgan fingerprint density at radius 2 is 1.80 bits per heavy atom. The number of rotatable bonds is 7. The minimum absolute atomic E-state index is 0. The van der Waals surface area contributed by atoms with E-state index in [2.05, 4.69) is 15.3 Å². The smallest absolute Gasteiger partial charge is 0.253 e. The number of hydrogen-bond acceptors (Lipinski definition) is 6. The van der Waals surface area contributed by atoms with Gasteiger partial charge in [-0.1, -0.05) is 31.2 Å². The van der Waals surface area contributed by atoms with Crippen molar-refractivity contribution in [3.05, 3.63) is 106 Å². The average Bonchev–Trinajstić information content (AvgIpc) is 3.08. The summed E-state index contributed by atoms with van der Waals surface area (Å²) in [5.74, 6) is -1.21. The Morgan fingerprint density at radius 1 is 1.07 bits per heavy atom. The van der Waals surface area contributed by atoms with E-state index in [1.807, 2.05) is 0 Å². The van der Waals surface area contributed by atoms with Crippen LogP contribution in [0, 0.1) is 11.6 Å². The summed E-state index contributed by atoms with van der Waals surface area (Å²) in [7, 11) is 1.74. The Kier molecular flexibility index (Phi) is 8.86. The minimum Gasteiger partial charge on any atom is -0.342 e. The fourth-order valence-electron chi connectivity index (χ4n) is 4.40. The molecular formula is C30H29ClF2N6O. The molecule has 0 radical (unpaired) electrons. The number of amides is 1. The molecule has 2 heterocycles. The van der Waals surface area contributed by atoms with Crippen molar-refractivity contribution in [2.45, 2.75) is 20.4 Å². The van der Waals surface area contributed by atoms with Crippen LogP contribution in [0.3, 0.4) is 0 Å². The topological polar surface area (TPSA) is 96.5 Å². The lowest BCUT2D eigenvalue weighted by Crippen LogP contribution is -2.28. The molecule has 4 aromatic rings. The van der Waals surface area contributed by atoms with Crippen molar-refractivity contribution in [1.82, 2.24) is 14.9 Å². The van der Waals surface area contributed by atoms with Gasteiger partial charge in [-0.15, -0.1) is 0 Å². The average molecular weight is 563 g/mol. The summed E-state index contributed by atoms with van der Waals surface area (Å²) in [6, 6.07) is 15.8. The zero-order chi connectivity index (χ0) is 27.5. The molecule has 0 bridgehead atoms. The van der Waals surface area contributed by atoms with Gasteiger partial charge in [0.05, 0.1) is 23.5 Å². The Morgan fingerprint density at radius 3 is 2.50 bits per heavy atom. The van der Waals surface area contributed by atoms with Gasteiger partial charge >= 0.3 is 0 Å². The highest BCUT2D eigenvalue weighted by Crippen LogP contribution is 2.34. The van der Waals surface area contributed by atoms with Gasteiger partial charge < -0.3 is 16.0 Å². The maximum atomic E-state index is 14.8. The fourth-order valence-corrected chi connectivity index (χ4v) is 4.57. The second kappa shape index (κ2) is 12.3. The SMILES string of the molecule is C.CN(CCCN)C(=O)c1ccc(Nc2ncc3c(n2)-c2ccc(Cl)cc2C(c2c(F)cccc2F)=NC3)cc1. The van der Waals surface area contributed by atoms with E-state index in [9.17, 15) is 13.6 Å². The first-order valence-corrected chi connectivity index (χ1v) is 12.7. The van der Waals surface area contributed by atoms with Gasteiger partial charge in [-0.25, -0.2) is 18.7 Å². The number of carbonyl (C=O) groups is 1. The molecule has 206 valence electrons. The molecule has 5 rings (SSSR count). The van der Waals surface area contributed by atoms with Crippen molar-refractivity contribution < 1.29 is 13.6 Å². The van der Waals surface area contributed by atoms with Gasteiger partial charge in [-0.05, 0) is 61.5 Å². The molecule has 1 aromatic heterocycles. The largest absolute Gasteiger partial charge is 0.342 e. The summed E-state index contributed by atoms with van der Waals surface area (Å²) in [6.07, 6.45) is 2.37. The monoisotopic (exact) mass is 562 g/mol. The van der Waals surface area contributed by atoms with Gasteiger partial charge in [0.25, 0.3) is 5.91 Å². The molecule has 1 aliphatic heterocycles. The molecule has 0 spiro atoms. The van der Waals surface area contributed by atoms with E-state index < -0.39 is 11.6 Å². The van der Waals surface area contributed by atoms with Crippen molar-refractivity contribution in [3.63, 3.8) is 0 Å². The number of aliphatic imine (C=N–C) groups is 1. The van der Waals surface area contributed by atoms with Gasteiger partial charge in [0, 0.05) is 52.8 Å². The van der Waals surface area contributed by atoms with Crippen LogP contribution in [0.25, 0.3) is 11.3 Å². The summed E-state index contributed by atoms with van der Waals surface area (Å²) in [4.78, 5) is 27.9. The summed E-state index contributed by atoms with van der Waals surface area (Å²) < 4.78 is 29.5. The lowest BCUT2D eigenvalue weighted by Gasteiger charge is -2.17. The molecule has 0 unspecified atom stereocenters. The van der Waals surface area contributed by atoms with Crippen molar-refractivity contribution in [2.75, 3.05) is 25.5 Å². The summed E-state index contributed by atoms with van der Waals surface area (Å²) >= 11 is 6.29. The van der Waals surface area contributed by atoms with E-state index in [4.69, 9.17) is 22.3 Å². The first-order valence-electron chi connectivity index (χ1n) is 12.3. The number of nitrogens with two attached hydrogens (primary N) is 1. The van der Waals surface area contributed by atoms with Crippen LogP contribution in [0.2, 0.25) is 5.02 Å². The molecule has 0 aliphatic carbocycles. The lowest BCUT2D eigenvalue weighted by atomic mass is 9.95.